The van der Waals surface area contributed by atoms with Crippen molar-refractivity contribution in [3.63, 3.8) is 0 Å². The van der Waals surface area contributed by atoms with E-state index in [1.165, 1.54) is 0 Å². The van der Waals surface area contributed by atoms with E-state index in [4.69, 9.17) is 11.5 Å². The lowest BCUT2D eigenvalue weighted by atomic mass is 10.1. The molecule has 0 atom stereocenters. The minimum atomic E-state index is -0.415. The van der Waals surface area contributed by atoms with Crippen LogP contribution in [0.2, 0.25) is 0 Å². The summed E-state index contributed by atoms with van der Waals surface area (Å²) in [6.45, 7) is 8.02. The largest absolute Gasteiger partial charge is 0.399 e. The molecule has 0 aliphatic carbocycles. The van der Waals surface area contributed by atoms with E-state index >= 15 is 0 Å². The molecule has 0 unspecified atom stereocenters. The van der Waals surface area contributed by atoms with Gasteiger partial charge in [0, 0.05) is 18.8 Å². The van der Waals surface area contributed by atoms with E-state index in [2.05, 4.69) is 25.7 Å². The molecule has 1 amide bonds. The van der Waals surface area contributed by atoms with Crippen LogP contribution < -0.4 is 16.4 Å². The molecular formula is C13H21N3O. The highest BCUT2D eigenvalue weighted by atomic mass is 16.1. The maximum absolute atomic E-state index is 11.4. The molecule has 17 heavy (non-hydrogen) atoms. The van der Waals surface area contributed by atoms with Crippen LogP contribution in [-0.2, 0) is 0 Å². The van der Waals surface area contributed by atoms with Crippen LogP contribution in [0, 0.1) is 5.92 Å². The Balaban J connectivity index is 3.15. The van der Waals surface area contributed by atoms with Crippen LogP contribution in [0.5, 0.6) is 0 Å². The highest BCUT2D eigenvalue weighted by Crippen LogP contribution is 2.24. The number of hydrogen-bond acceptors (Lipinski definition) is 3. The zero-order chi connectivity index (χ0) is 13.0. The van der Waals surface area contributed by atoms with E-state index < -0.39 is 5.91 Å². The first-order chi connectivity index (χ1) is 7.95. The number of primary amides is 1. The van der Waals surface area contributed by atoms with Crippen molar-refractivity contribution in [1.29, 1.82) is 0 Å². The average molecular weight is 235 g/mol. The van der Waals surface area contributed by atoms with Gasteiger partial charge in [-0.05, 0) is 31.0 Å². The standard InChI is InChI=1S/C13H21N3O/c1-4-16(8-9(2)3)12-7-10(14)5-6-11(12)13(15)17/h5-7,9H,4,8,14H2,1-3H3,(H2,15,17). The van der Waals surface area contributed by atoms with Gasteiger partial charge in [0.05, 0.1) is 11.3 Å². The number of nitrogens with zero attached hydrogens (tertiary/aromatic N) is 1. The number of benzene rings is 1. The van der Waals surface area contributed by atoms with E-state index in [9.17, 15) is 4.79 Å². The van der Waals surface area contributed by atoms with Gasteiger partial charge in [0.15, 0.2) is 0 Å². The number of carbonyl (C=O) groups is 1. The molecule has 1 rings (SSSR count). The average Bonchev–Trinajstić information content (AvgIpc) is 2.25. The fraction of sp³-hybridized carbons (Fsp3) is 0.462. The topological polar surface area (TPSA) is 72.3 Å². The number of nitrogens with two attached hydrogens (primary N) is 2. The molecule has 0 aromatic heterocycles. The second kappa shape index (κ2) is 5.57. The van der Waals surface area contributed by atoms with Crippen molar-refractivity contribution in [1.82, 2.24) is 0 Å². The van der Waals surface area contributed by atoms with E-state index in [0.717, 1.165) is 18.8 Å². The lowest BCUT2D eigenvalue weighted by Gasteiger charge is -2.27. The maximum atomic E-state index is 11.4. The summed E-state index contributed by atoms with van der Waals surface area (Å²) >= 11 is 0. The van der Waals surface area contributed by atoms with Crippen LogP contribution in [0.25, 0.3) is 0 Å². The molecule has 0 aliphatic rings. The molecule has 0 fully saturated rings. The number of carbonyl (C=O) groups excluding carboxylic acids is 1. The van der Waals surface area contributed by atoms with Crippen LogP contribution in [0.1, 0.15) is 31.1 Å². The smallest absolute Gasteiger partial charge is 0.250 e. The van der Waals surface area contributed by atoms with Crippen LogP contribution in [0.3, 0.4) is 0 Å². The number of hydrogen-bond donors (Lipinski definition) is 2. The van der Waals surface area contributed by atoms with Crippen LogP contribution in [0.15, 0.2) is 18.2 Å². The molecular weight excluding hydrogens is 214 g/mol. The van der Waals surface area contributed by atoms with Crippen molar-refractivity contribution in [2.75, 3.05) is 23.7 Å². The molecule has 1 aromatic rings. The molecule has 4 N–H and O–H groups in total. The molecule has 0 radical (unpaired) electrons. The van der Waals surface area contributed by atoms with Gasteiger partial charge in [0.25, 0.3) is 5.91 Å². The molecule has 0 saturated heterocycles. The van der Waals surface area contributed by atoms with E-state index in [-0.39, 0.29) is 0 Å². The highest BCUT2D eigenvalue weighted by Gasteiger charge is 2.14. The van der Waals surface area contributed by atoms with Gasteiger partial charge in [0.1, 0.15) is 0 Å². The van der Waals surface area contributed by atoms with Gasteiger partial charge in [-0.15, -0.1) is 0 Å². The van der Waals surface area contributed by atoms with Crippen molar-refractivity contribution in [3.8, 4) is 0 Å². The second-order valence-corrected chi connectivity index (χ2v) is 4.57. The number of nitrogen functional groups attached to an aromatic ring is 1. The lowest BCUT2D eigenvalue weighted by Crippen LogP contribution is -2.29. The third-order valence-corrected chi connectivity index (χ3v) is 2.60. The van der Waals surface area contributed by atoms with Crippen molar-refractivity contribution in [2.24, 2.45) is 11.7 Å². The summed E-state index contributed by atoms with van der Waals surface area (Å²) in [6.07, 6.45) is 0. The summed E-state index contributed by atoms with van der Waals surface area (Å²) in [6, 6.07) is 5.20. The normalized spacial score (nSPS) is 10.6. The summed E-state index contributed by atoms with van der Waals surface area (Å²) in [5.74, 6) is 0.0966. The molecule has 1 aromatic carbocycles. The van der Waals surface area contributed by atoms with E-state index in [0.29, 0.717) is 17.2 Å². The van der Waals surface area contributed by atoms with Crippen molar-refractivity contribution < 1.29 is 4.79 Å². The molecule has 94 valence electrons. The Morgan fingerprint density at radius 1 is 1.41 bits per heavy atom. The summed E-state index contributed by atoms with van der Waals surface area (Å²) in [4.78, 5) is 13.5. The summed E-state index contributed by atoms with van der Waals surface area (Å²) in [7, 11) is 0. The van der Waals surface area contributed by atoms with Crippen molar-refractivity contribution >= 4 is 17.3 Å². The van der Waals surface area contributed by atoms with Gasteiger partial charge < -0.3 is 16.4 Å². The Morgan fingerprint density at radius 2 is 2.06 bits per heavy atom. The summed E-state index contributed by atoms with van der Waals surface area (Å²) < 4.78 is 0. The Labute approximate surface area is 103 Å². The summed E-state index contributed by atoms with van der Waals surface area (Å²) in [5.41, 5.74) is 13.2. The molecule has 0 heterocycles. The second-order valence-electron chi connectivity index (χ2n) is 4.57. The third-order valence-electron chi connectivity index (χ3n) is 2.60. The highest BCUT2D eigenvalue weighted by molar-refractivity contribution is 5.99. The quantitative estimate of drug-likeness (QED) is 0.765. The first-order valence-electron chi connectivity index (χ1n) is 5.90. The maximum Gasteiger partial charge on any atom is 0.250 e. The lowest BCUT2D eigenvalue weighted by molar-refractivity contribution is 0.100. The monoisotopic (exact) mass is 235 g/mol. The minimum absolute atomic E-state index is 0.415. The van der Waals surface area contributed by atoms with Gasteiger partial charge in [-0.25, -0.2) is 0 Å². The van der Waals surface area contributed by atoms with Crippen LogP contribution >= 0.6 is 0 Å². The Hall–Kier alpha value is -1.71. The number of anilines is 2. The molecule has 0 aliphatic heterocycles. The zero-order valence-corrected chi connectivity index (χ0v) is 10.7. The van der Waals surface area contributed by atoms with E-state index in [1.54, 1.807) is 12.1 Å². The molecule has 0 spiro atoms. The van der Waals surface area contributed by atoms with Gasteiger partial charge in [-0.3, -0.25) is 4.79 Å². The minimum Gasteiger partial charge on any atom is -0.399 e. The SMILES string of the molecule is CCN(CC(C)C)c1cc(N)ccc1C(N)=O. The number of amides is 1. The zero-order valence-electron chi connectivity index (χ0n) is 10.7. The van der Waals surface area contributed by atoms with Crippen molar-refractivity contribution in [2.45, 2.75) is 20.8 Å². The van der Waals surface area contributed by atoms with Gasteiger partial charge in [-0.2, -0.15) is 0 Å². The molecule has 4 nitrogen and oxygen atoms in total. The fourth-order valence-electron chi connectivity index (χ4n) is 1.86. The molecule has 0 bridgehead atoms. The first kappa shape index (κ1) is 13.4. The van der Waals surface area contributed by atoms with Crippen LogP contribution in [-0.4, -0.2) is 19.0 Å². The number of rotatable bonds is 5. The Bertz CT molecular complexity index is 402. The Kier molecular flexibility index (Phi) is 4.37. The van der Waals surface area contributed by atoms with Gasteiger partial charge in [0.2, 0.25) is 0 Å². The Morgan fingerprint density at radius 3 is 2.53 bits per heavy atom. The predicted octanol–water partition coefficient (Wildman–Crippen LogP) is 1.85. The van der Waals surface area contributed by atoms with Crippen LogP contribution in [0.4, 0.5) is 11.4 Å². The molecule has 4 heteroatoms. The fourth-order valence-corrected chi connectivity index (χ4v) is 1.86. The van der Waals surface area contributed by atoms with E-state index in [1.807, 2.05) is 6.07 Å². The third kappa shape index (κ3) is 3.37. The molecule has 0 saturated carbocycles. The summed E-state index contributed by atoms with van der Waals surface area (Å²) in [5, 5.41) is 0. The van der Waals surface area contributed by atoms with Gasteiger partial charge in [-0.1, -0.05) is 13.8 Å². The predicted molar refractivity (Wildman–Crippen MR) is 72.1 cm³/mol. The van der Waals surface area contributed by atoms with Gasteiger partial charge >= 0.3 is 0 Å². The first-order valence-corrected chi connectivity index (χ1v) is 5.90. The van der Waals surface area contributed by atoms with Crippen molar-refractivity contribution in [3.05, 3.63) is 23.8 Å².